The number of nitrogens with one attached hydrogen (secondary N) is 1. The molecule has 0 saturated carbocycles. The Morgan fingerprint density at radius 1 is 1.17 bits per heavy atom. The molecule has 1 atom stereocenters. The van der Waals surface area contributed by atoms with E-state index < -0.39 is 23.8 Å². The van der Waals surface area contributed by atoms with Crippen LogP contribution < -0.4 is 10.1 Å². The van der Waals surface area contributed by atoms with Crippen molar-refractivity contribution in [3.63, 3.8) is 0 Å². The third-order valence-electron chi connectivity index (χ3n) is 3.34. The minimum absolute atomic E-state index is 0.0600. The first kappa shape index (κ1) is 17.5. The highest BCUT2D eigenvalue weighted by atomic mass is 19.1. The molecule has 5 nitrogen and oxygen atoms in total. The molecule has 6 heteroatoms. The SMILES string of the molecule is COc1ccc(CNC(=O)[C@H](C)OC(=O)c2cccc(F)c2)cc1. The van der Waals surface area contributed by atoms with Gasteiger partial charge in [0.1, 0.15) is 11.6 Å². The van der Waals surface area contributed by atoms with Crippen LogP contribution in [0.3, 0.4) is 0 Å². The predicted molar refractivity (Wildman–Crippen MR) is 86.1 cm³/mol. The van der Waals surface area contributed by atoms with Crippen LogP contribution in [0.5, 0.6) is 5.75 Å². The van der Waals surface area contributed by atoms with E-state index in [0.717, 1.165) is 17.4 Å². The summed E-state index contributed by atoms with van der Waals surface area (Å²) >= 11 is 0. The number of ether oxygens (including phenoxy) is 2. The van der Waals surface area contributed by atoms with E-state index in [-0.39, 0.29) is 5.56 Å². The van der Waals surface area contributed by atoms with E-state index in [2.05, 4.69) is 5.32 Å². The molecule has 0 fully saturated rings. The molecule has 2 aromatic carbocycles. The fourth-order valence-corrected chi connectivity index (χ4v) is 1.97. The van der Waals surface area contributed by atoms with E-state index in [1.165, 1.54) is 25.1 Å². The lowest BCUT2D eigenvalue weighted by Crippen LogP contribution is -2.35. The summed E-state index contributed by atoms with van der Waals surface area (Å²) in [6.45, 7) is 1.76. The van der Waals surface area contributed by atoms with Crippen molar-refractivity contribution in [2.24, 2.45) is 0 Å². The molecule has 1 N–H and O–H groups in total. The van der Waals surface area contributed by atoms with Crippen LogP contribution in [-0.2, 0) is 16.1 Å². The Morgan fingerprint density at radius 3 is 2.50 bits per heavy atom. The first-order valence-electron chi connectivity index (χ1n) is 7.37. The zero-order valence-electron chi connectivity index (χ0n) is 13.4. The number of hydrogen-bond donors (Lipinski definition) is 1. The molecule has 0 radical (unpaired) electrons. The standard InChI is InChI=1S/C18H18FNO4/c1-12(24-18(22)14-4-3-5-15(19)10-14)17(21)20-11-13-6-8-16(23-2)9-7-13/h3-10,12H,11H2,1-2H3,(H,20,21)/t12-/m0/s1. The van der Waals surface area contributed by atoms with E-state index in [4.69, 9.17) is 9.47 Å². The number of carbonyl (C=O) groups is 2. The van der Waals surface area contributed by atoms with Crippen molar-refractivity contribution in [2.75, 3.05) is 7.11 Å². The molecule has 0 saturated heterocycles. The summed E-state index contributed by atoms with van der Waals surface area (Å²) in [6.07, 6.45) is -0.987. The minimum atomic E-state index is -0.987. The van der Waals surface area contributed by atoms with Gasteiger partial charge in [-0.05, 0) is 42.8 Å². The summed E-state index contributed by atoms with van der Waals surface area (Å²) in [6, 6.07) is 12.3. The van der Waals surface area contributed by atoms with Gasteiger partial charge in [-0.1, -0.05) is 18.2 Å². The quantitative estimate of drug-likeness (QED) is 0.827. The van der Waals surface area contributed by atoms with Crippen molar-refractivity contribution in [3.05, 3.63) is 65.5 Å². The maximum atomic E-state index is 13.1. The molecule has 0 aromatic heterocycles. The van der Waals surface area contributed by atoms with Crippen LogP contribution >= 0.6 is 0 Å². The second-order valence-electron chi connectivity index (χ2n) is 5.12. The first-order valence-corrected chi connectivity index (χ1v) is 7.37. The highest BCUT2D eigenvalue weighted by Gasteiger charge is 2.18. The molecular formula is C18H18FNO4. The van der Waals surface area contributed by atoms with Gasteiger partial charge in [0, 0.05) is 6.54 Å². The van der Waals surface area contributed by atoms with Gasteiger partial charge in [-0.3, -0.25) is 4.79 Å². The monoisotopic (exact) mass is 331 g/mol. The predicted octanol–water partition coefficient (Wildman–Crippen LogP) is 2.70. The smallest absolute Gasteiger partial charge is 0.339 e. The highest BCUT2D eigenvalue weighted by Crippen LogP contribution is 2.11. The number of halogens is 1. The zero-order valence-corrected chi connectivity index (χ0v) is 13.4. The van der Waals surface area contributed by atoms with Crippen LogP contribution in [0.15, 0.2) is 48.5 Å². The van der Waals surface area contributed by atoms with Crippen LogP contribution in [0.25, 0.3) is 0 Å². The summed E-state index contributed by atoms with van der Waals surface area (Å²) in [5.74, 6) is -0.999. The number of benzene rings is 2. The van der Waals surface area contributed by atoms with E-state index >= 15 is 0 Å². The van der Waals surface area contributed by atoms with Crippen molar-refractivity contribution in [1.82, 2.24) is 5.32 Å². The van der Waals surface area contributed by atoms with Gasteiger partial charge in [0.2, 0.25) is 0 Å². The molecule has 24 heavy (non-hydrogen) atoms. The van der Waals surface area contributed by atoms with Crippen LogP contribution in [0.2, 0.25) is 0 Å². The summed E-state index contributed by atoms with van der Waals surface area (Å²) < 4.78 is 23.2. The largest absolute Gasteiger partial charge is 0.497 e. The van der Waals surface area contributed by atoms with E-state index in [0.29, 0.717) is 6.54 Å². The van der Waals surface area contributed by atoms with Gasteiger partial charge in [0.25, 0.3) is 5.91 Å². The Hall–Kier alpha value is -2.89. The van der Waals surface area contributed by atoms with Gasteiger partial charge >= 0.3 is 5.97 Å². The third kappa shape index (κ3) is 4.81. The summed E-state index contributed by atoms with van der Waals surface area (Å²) in [5.41, 5.74) is 0.942. The molecule has 0 aliphatic carbocycles. The van der Waals surface area contributed by atoms with Gasteiger partial charge in [-0.2, -0.15) is 0 Å². The molecule has 0 aliphatic heterocycles. The fourth-order valence-electron chi connectivity index (χ4n) is 1.97. The molecular weight excluding hydrogens is 313 g/mol. The number of amides is 1. The second-order valence-corrected chi connectivity index (χ2v) is 5.12. The van der Waals surface area contributed by atoms with E-state index in [1.54, 1.807) is 19.2 Å². The van der Waals surface area contributed by atoms with Gasteiger partial charge < -0.3 is 14.8 Å². The van der Waals surface area contributed by atoms with Crippen LogP contribution in [0, 0.1) is 5.82 Å². The molecule has 0 aliphatic rings. The van der Waals surface area contributed by atoms with Crippen molar-refractivity contribution >= 4 is 11.9 Å². The van der Waals surface area contributed by atoms with Gasteiger partial charge in [0.05, 0.1) is 12.7 Å². The number of rotatable bonds is 6. The third-order valence-corrected chi connectivity index (χ3v) is 3.34. The molecule has 1 amide bonds. The lowest BCUT2D eigenvalue weighted by Gasteiger charge is -2.13. The molecule has 2 rings (SSSR count). The molecule has 0 unspecified atom stereocenters. The zero-order chi connectivity index (χ0) is 17.5. The Labute approximate surface area is 139 Å². The maximum absolute atomic E-state index is 13.1. The maximum Gasteiger partial charge on any atom is 0.339 e. The van der Waals surface area contributed by atoms with Crippen molar-refractivity contribution < 1.29 is 23.5 Å². The Balaban J connectivity index is 1.86. The highest BCUT2D eigenvalue weighted by molar-refractivity contribution is 5.92. The van der Waals surface area contributed by atoms with Gasteiger partial charge in [-0.15, -0.1) is 0 Å². The van der Waals surface area contributed by atoms with Crippen LogP contribution in [0.4, 0.5) is 4.39 Å². The van der Waals surface area contributed by atoms with E-state index in [9.17, 15) is 14.0 Å². The molecule has 126 valence electrons. The molecule has 0 spiro atoms. The molecule has 0 bridgehead atoms. The van der Waals surface area contributed by atoms with Gasteiger partial charge in [0.15, 0.2) is 6.10 Å². The minimum Gasteiger partial charge on any atom is -0.497 e. The Kier molecular flexibility index (Phi) is 5.89. The normalized spacial score (nSPS) is 11.5. The average molecular weight is 331 g/mol. The summed E-state index contributed by atoms with van der Waals surface area (Å²) in [4.78, 5) is 23.9. The van der Waals surface area contributed by atoms with Crippen LogP contribution in [-0.4, -0.2) is 25.1 Å². The average Bonchev–Trinajstić information content (AvgIpc) is 2.60. The summed E-state index contributed by atoms with van der Waals surface area (Å²) in [5, 5.41) is 2.67. The van der Waals surface area contributed by atoms with Gasteiger partial charge in [-0.25, -0.2) is 9.18 Å². The number of esters is 1. The first-order chi connectivity index (χ1) is 11.5. The molecule has 2 aromatic rings. The Morgan fingerprint density at radius 2 is 1.88 bits per heavy atom. The van der Waals surface area contributed by atoms with Crippen molar-refractivity contribution in [3.8, 4) is 5.75 Å². The number of hydrogen-bond acceptors (Lipinski definition) is 4. The Bertz CT molecular complexity index is 715. The molecule has 0 heterocycles. The van der Waals surface area contributed by atoms with Crippen molar-refractivity contribution in [1.29, 1.82) is 0 Å². The van der Waals surface area contributed by atoms with Crippen LogP contribution in [0.1, 0.15) is 22.8 Å². The van der Waals surface area contributed by atoms with E-state index in [1.807, 2.05) is 12.1 Å². The number of carbonyl (C=O) groups excluding carboxylic acids is 2. The number of methoxy groups -OCH3 is 1. The van der Waals surface area contributed by atoms with Crippen molar-refractivity contribution in [2.45, 2.75) is 19.6 Å². The summed E-state index contributed by atoms with van der Waals surface area (Å²) in [7, 11) is 1.57. The second kappa shape index (κ2) is 8.10. The topological polar surface area (TPSA) is 64.6 Å². The fraction of sp³-hybridized carbons (Fsp3) is 0.222. The lowest BCUT2D eigenvalue weighted by atomic mass is 10.2. The lowest BCUT2D eigenvalue weighted by molar-refractivity contribution is -0.129.